The largest absolute Gasteiger partial charge is 0.396 e. The van der Waals surface area contributed by atoms with Gasteiger partial charge in [0.15, 0.2) is 0 Å². The van der Waals surface area contributed by atoms with Gasteiger partial charge in [0.05, 0.1) is 33.1 Å². The predicted molar refractivity (Wildman–Crippen MR) is 65.7 cm³/mol. The average molecular weight is 242 g/mol. The van der Waals surface area contributed by atoms with E-state index in [2.05, 4.69) is 10.3 Å². The van der Waals surface area contributed by atoms with E-state index in [0.29, 0.717) is 21.2 Å². The molecule has 1 aromatic heterocycles. The fourth-order valence-corrected chi connectivity index (χ4v) is 1.97. The van der Waals surface area contributed by atoms with Crippen LogP contribution in [-0.2, 0) is 0 Å². The topological polar surface area (TPSA) is 50.9 Å². The van der Waals surface area contributed by atoms with Crippen molar-refractivity contribution in [3.05, 3.63) is 28.4 Å². The molecule has 0 amide bonds. The van der Waals surface area contributed by atoms with Crippen LogP contribution in [0, 0.1) is 0 Å². The van der Waals surface area contributed by atoms with Gasteiger partial charge < -0.3 is 11.1 Å². The fourth-order valence-electron chi connectivity index (χ4n) is 1.52. The number of nitrogens with one attached hydrogen (secondary N) is 1. The monoisotopic (exact) mass is 241 g/mol. The quantitative estimate of drug-likeness (QED) is 0.807. The standard InChI is InChI=1S/C10H9Cl2N3/c1-14-10-7(13)4-15-9-6(12)3-2-5(11)8(9)10/h2-4H,13H2,1H3,(H,14,15). The Balaban J connectivity index is 2.96. The van der Waals surface area contributed by atoms with Crippen LogP contribution < -0.4 is 11.1 Å². The molecule has 0 aliphatic rings. The van der Waals surface area contributed by atoms with E-state index < -0.39 is 0 Å². The first-order chi connectivity index (χ1) is 7.15. The summed E-state index contributed by atoms with van der Waals surface area (Å²) in [5.74, 6) is 0. The van der Waals surface area contributed by atoms with Gasteiger partial charge in [0.1, 0.15) is 0 Å². The Hall–Kier alpha value is -1.19. The van der Waals surface area contributed by atoms with Crippen molar-refractivity contribution in [3.63, 3.8) is 0 Å². The number of hydrogen-bond acceptors (Lipinski definition) is 3. The van der Waals surface area contributed by atoms with Crippen molar-refractivity contribution in [1.29, 1.82) is 0 Å². The van der Waals surface area contributed by atoms with Gasteiger partial charge in [0.2, 0.25) is 0 Å². The summed E-state index contributed by atoms with van der Waals surface area (Å²) in [6.45, 7) is 0. The molecule has 0 fully saturated rings. The highest BCUT2D eigenvalue weighted by molar-refractivity contribution is 6.41. The number of nitrogens with zero attached hydrogens (tertiary/aromatic N) is 1. The summed E-state index contributed by atoms with van der Waals surface area (Å²) in [6, 6.07) is 3.45. The van der Waals surface area contributed by atoms with E-state index >= 15 is 0 Å². The SMILES string of the molecule is CNc1c(N)cnc2c(Cl)ccc(Cl)c12. The molecule has 78 valence electrons. The van der Waals surface area contributed by atoms with Crippen LogP contribution in [0.3, 0.4) is 0 Å². The first kappa shape index (κ1) is 10.3. The minimum atomic E-state index is 0.550. The summed E-state index contributed by atoms with van der Waals surface area (Å²) in [5.41, 5.74) is 7.75. The zero-order valence-corrected chi connectivity index (χ0v) is 9.52. The molecule has 0 saturated carbocycles. The number of anilines is 2. The lowest BCUT2D eigenvalue weighted by molar-refractivity contribution is 1.40. The number of fused-ring (bicyclic) bond motifs is 1. The Morgan fingerprint density at radius 3 is 2.60 bits per heavy atom. The highest BCUT2D eigenvalue weighted by atomic mass is 35.5. The third-order valence-electron chi connectivity index (χ3n) is 2.20. The molecule has 1 aromatic carbocycles. The van der Waals surface area contributed by atoms with Crippen LogP contribution in [0.5, 0.6) is 0 Å². The van der Waals surface area contributed by atoms with E-state index in [4.69, 9.17) is 28.9 Å². The lowest BCUT2D eigenvalue weighted by Crippen LogP contribution is -1.98. The minimum absolute atomic E-state index is 0.550. The maximum Gasteiger partial charge on any atom is 0.0925 e. The van der Waals surface area contributed by atoms with Crippen molar-refractivity contribution in [3.8, 4) is 0 Å². The molecule has 1 heterocycles. The van der Waals surface area contributed by atoms with Gasteiger partial charge in [-0.1, -0.05) is 23.2 Å². The molecule has 0 bridgehead atoms. The minimum Gasteiger partial charge on any atom is -0.396 e. The molecule has 0 radical (unpaired) electrons. The molecule has 3 nitrogen and oxygen atoms in total. The third-order valence-corrected chi connectivity index (χ3v) is 2.82. The van der Waals surface area contributed by atoms with Crippen LogP contribution in [0.25, 0.3) is 10.9 Å². The summed E-state index contributed by atoms with van der Waals surface area (Å²) in [4.78, 5) is 4.17. The maximum atomic E-state index is 6.09. The number of aromatic nitrogens is 1. The zero-order valence-electron chi connectivity index (χ0n) is 8.01. The number of nitrogens with two attached hydrogens (primary N) is 1. The zero-order chi connectivity index (χ0) is 11.0. The van der Waals surface area contributed by atoms with E-state index in [-0.39, 0.29) is 0 Å². The molecule has 0 aliphatic heterocycles. The van der Waals surface area contributed by atoms with Crippen LogP contribution in [0.2, 0.25) is 10.0 Å². The van der Waals surface area contributed by atoms with Crippen LogP contribution >= 0.6 is 23.2 Å². The summed E-state index contributed by atoms with van der Waals surface area (Å²) >= 11 is 12.1. The smallest absolute Gasteiger partial charge is 0.0925 e. The molecule has 0 saturated heterocycles. The predicted octanol–water partition coefficient (Wildman–Crippen LogP) is 3.17. The van der Waals surface area contributed by atoms with E-state index in [9.17, 15) is 0 Å². The molecule has 0 atom stereocenters. The average Bonchev–Trinajstić information content (AvgIpc) is 2.23. The van der Waals surface area contributed by atoms with Gasteiger partial charge in [-0.3, -0.25) is 4.98 Å². The highest BCUT2D eigenvalue weighted by Crippen LogP contribution is 2.36. The Morgan fingerprint density at radius 2 is 1.93 bits per heavy atom. The van der Waals surface area contributed by atoms with Crippen LogP contribution in [0.1, 0.15) is 0 Å². The number of rotatable bonds is 1. The molecule has 0 unspecified atom stereocenters. The summed E-state index contributed by atoms with van der Waals surface area (Å²) in [7, 11) is 1.78. The van der Waals surface area contributed by atoms with Crippen molar-refractivity contribution in [2.45, 2.75) is 0 Å². The summed E-state index contributed by atoms with van der Waals surface area (Å²) in [6.07, 6.45) is 1.57. The van der Waals surface area contributed by atoms with Crippen molar-refractivity contribution in [1.82, 2.24) is 4.98 Å². The Morgan fingerprint density at radius 1 is 1.27 bits per heavy atom. The number of nitrogen functional groups attached to an aromatic ring is 1. The first-order valence-electron chi connectivity index (χ1n) is 4.35. The van der Waals surface area contributed by atoms with Crippen LogP contribution in [0.4, 0.5) is 11.4 Å². The highest BCUT2D eigenvalue weighted by Gasteiger charge is 2.11. The van der Waals surface area contributed by atoms with E-state index in [1.165, 1.54) is 0 Å². The normalized spacial score (nSPS) is 10.6. The number of benzene rings is 1. The fraction of sp³-hybridized carbons (Fsp3) is 0.100. The maximum absolute atomic E-state index is 6.09. The van der Waals surface area contributed by atoms with Gasteiger partial charge in [0.25, 0.3) is 0 Å². The van der Waals surface area contributed by atoms with Crippen LogP contribution in [-0.4, -0.2) is 12.0 Å². The van der Waals surface area contributed by atoms with Gasteiger partial charge in [-0.05, 0) is 12.1 Å². The lowest BCUT2D eigenvalue weighted by atomic mass is 10.1. The van der Waals surface area contributed by atoms with E-state index in [0.717, 1.165) is 11.1 Å². The third kappa shape index (κ3) is 1.58. The molecule has 15 heavy (non-hydrogen) atoms. The molecule has 0 aliphatic carbocycles. The summed E-state index contributed by atoms with van der Waals surface area (Å²) < 4.78 is 0. The van der Waals surface area contributed by atoms with E-state index in [1.807, 2.05) is 0 Å². The molecular weight excluding hydrogens is 233 g/mol. The van der Waals surface area contributed by atoms with Gasteiger partial charge in [-0.15, -0.1) is 0 Å². The molecule has 3 N–H and O–H groups in total. The number of hydrogen-bond donors (Lipinski definition) is 2. The van der Waals surface area contributed by atoms with Crippen LogP contribution in [0.15, 0.2) is 18.3 Å². The van der Waals surface area contributed by atoms with Crippen molar-refractivity contribution in [2.24, 2.45) is 0 Å². The van der Waals surface area contributed by atoms with E-state index in [1.54, 1.807) is 25.4 Å². The number of halogens is 2. The first-order valence-corrected chi connectivity index (χ1v) is 5.10. The second kappa shape index (κ2) is 3.76. The Kier molecular flexibility index (Phi) is 2.59. The molecule has 5 heteroatoms. The van der Waals surface area contributed by atoms with Crippen molar-refractivity contribution < 1.29 is 0 Å². The van der Waals surface area contributed by atoms with Gasteiger partial charge in [-0.25, -0.2) is 0 Å². The van der Waals surface area contributed by atoms with Crippen molar-refractivity contribution in [2.75, 3.05) is 18.1 Å². The molecule has 0 spiro atoms. The Bertz CT molecular complexity index is 526. The second-order valence-electron chi connectivity index (χ2n) is 3.09. The molecule has 2 aromatic rings. The van der Waals surface area contributed by atoms with Gasteiger partial charge in [-0.2, -0.15) is 0 Å². The summed E-state index contributed by atoms with van der Waals surface area (Å²) in [5, 5.41) is 4.90. The lowest BCUT2D eigenvalue weighted by Gasteiger charge is -2.10. The molecule has 2 rings (SSSR count). The van der Waals surface area contributed by atoms with Crippen molar-refractivity contribution >= 4 is 45.5 Å². The molecular formula is C10H9Cl2N3. The van der Waals surface area contributed by atoms with Gasteiger partial charge >= 0.3 is 0 Å². The second-order valence-corrected chi connectivity index (χ2v) is 3.91. The number of pyridine rings is 1. The Labute approximate surface area is 97.2 Å². The van der Waals surface area contributed by atoms with Gasteiger partial charge in [0, 0.05) is 12.4 Å².